The Balaban J connectivity index is 2.25. The summed E-state index contributed by atoms with van der Waals surface area (Å²) in [7, 11) is 0. The van der Waals surface area contributed by atoms with Crippen molar-refractivity contribution in [3.8, 4) is 0 Å². The summed E-state index contributed by atoms with van der Waals surface area (Å²) in [4.78, 5) is 13.3. The highest BCUT2D eigenvalue weighted by Crippen LogP contribution is 2.37. The normalized spacial score (nSPS) is 17.3. The summed E-state index contributed by atoms with van der Waals surface area (Å²) < 4.78 is 82.2. The van der Waals surface area contributed by atoms with Crippen molar-refractivity contribution in [2.75, 3.05) is 26.2 Å². The van der Waals surface area contributed by atoms with Crippen LogP contribution >= 0.6 is 0 Å². The zero-order chi connectivity index (χ0) is 18.8. The first-order chi connectivity index (χ1) is 11.5. The minimum atomic E-state index is -4.95. The smallest absolute Gasteiger partial charge is 0.416 e. The van der Waals surface area contributed by atoms with Crippen LogP contribution < -0.4 is 5.32 Å². The molecule has 0 aromatic heterocycles. The van der Waals surface area contributed by atoms with Crippen LogP contribution in [-0.4, -0.2) is 37.2 Å². The maximum atomic E-state index is 12.9. The van der Waals surface area contributed by atoms with Crippen LogP contribution in [0, 0.1) is 0 Å². The van der Waals surface area contributed by atoms with E-state index in [0.717, 1.165) is 0 Å². The molecule has 1 aromatic carbocycles. The average Bonchev–Trinajstić information content (AvgIpc) is 2.53. The van der Waals surface area contributed by atoms with E-state index in [-0.39, 0.29) is 11.6 Å². The molecule has 1 saturated heterocycles. The number of hydrogen-bond acceptors (Lipinski definition) is 3. The number of hydrogen-bond donors (Lipinski definition) is 1. The second kappa shape index (κ2) is 7.11. The van der Waals surface area contributed by atoms with E-state index in [1.807, 2.05) is 0 Å². The van der Waals surface area contributed by atoms with Gasteiger partial charge in [0.15, 0.2) is 0 Å². The molecular weight excluding hydrogens is 354 g/mol. The van der Waals surface area contributed by atoms with Gasteiger partial charge in [0.2, 0.25) is 0 Å². The van der Waals surface area contributed by atoms with Crippen LogP contribution in [0.3, 0.4) is 0 Å². The first kappa shape index (κ1) is 19.4. The van der Waals surface area contributed by atoms with Gasteiger partial charge in [-0.25, -0.2) is 4.79 Å². The van der Waals surface area contributed by atoms with Crippen LogP contribution in [0.4, 0.5) is 31.1 Å². The highest BCUT2D eigenvalue weighted by molar-refractivity contribution is 5.68. The summed E-state index contributed by atoms with van der Waals surface area (Å²) in [6.45, 7) is 3.00. The molecule has 1 atom stereocenters. The van der Waals surface area contributed by atoms with Gasteiger partial charge in [-0.15, -0.1) is 0 Å². The molecule has 1 N–H and O–H groups in total. The van der Waals surface area contributed by atoms with E-state index in [2.05, 4.69) is 5.32 Å². The van der Waals surface area contributed by atoms with E-state index in [9.17, 15) is 31.1 Å². The largest absolute Gasteiger partial charge is 0.442 e. The van der Waals surface area contributed by atoms with Gasteiger partial charge in [-0.1, -0.05) is 0 Å². The molecule has 1 aromatic rings. The Bertz CT molecular complexity index is 591. The molecule has 140 valence electrons. The van der Waals surface area contributed by atoms with Crippen LogP contribution in [0.5, 0.6) is 0 Å². The number of ether oxygens (including phenoxy) is 1. The molecule has 2 rings (SSSR count). The van der Waals surface area contributed by atoms with E-state index in [0.29, 0.717) is 38.3 Å². The molecular formula is C15H16F6N2O2. The van der Waals surface area contributed by atoms with Gasteiger partial charge in [-0.05, 0) is 30.7 Å². The van der Waals surface area contributed by atoms with Crippen molar-refractivity contribution in [3.05, 3.63) is 34.9 Å². The fourth-order valence-electron chi connectivity index (χ4n) is 2.35. The van der Waals surface area contributed by atoms with Crippen molar-refractivity contribution in [1.82, 2.24) is 10.2 Å². The summed E-state index contributed by atoms with van der Waals surface area (Å²) in [5, 5.41) is 3.00. The molecule has 0 aliphatic carbocycles. The Hall–Kier alpha value is -1.97. The third-order valence-electron chi connectivity index (χ3n) is 3.73. The quantitative estimate of drug-likeness (QED) is 0.805. The first-order valence-corrected chi connectivity index (χ1v) is 7.44. The van der Waals surface area contributed by atoms with E-state index in [1.54, 1.807) is 0 Å². The maximum absolute atomic E-state index is 12.9. The van der Waals surface area contributed by atoms with Gasteiger partial charge in [0, 0.05) is 26.2 Å². The third kappa shape index (κ3) is 5.00. The van der Waals surface area contributed by atoms with Gasteiger partial charge in [0.1, 0.15) is 6.10 Å². The molecule has 0 bridgehead atoms. The predicted octanol–water partition coefficient (Wildman–Crippen LogP) is 3.83. The fraction of sp³-hybridized carbons (Fsp3) is 0.533. The molecule has 1 aliphatic heterocycles. The molecule has 1 fully saturated rings. The van der Waals surface area contributed by atoms with E-state index < -0.39 is 35.7 Å². The Morgan fingerprint density at radius 1 is 1.04 bits per heavy atom. The average molecular weight is 370 g/mol. The van der Waals surface area contributed by atoms with Gasteiger partial charge in [0.05, 0.1) is 11.1 Å². The summed E-state index contributed by atoms with van der Waals surface area (Å²) in [5.41, 5.74) is -3.25. The summed E-state index contributed by atoms with van der Waals surface area (Å²) in [5.74, 6) is 0. The topological polar surface area (TPSA) is 41.6 Å². The lowest BCUT2D eigenvalue weighted by atomic mass is 10.0. The lowest BCUT2D eigenvalue weighted by Crippen LogP contribution is -2.46. The monoisotopic (exact) mass is 370 g/mol. The summed E-state index contributed by atoms with van der Waals surface area (Å²) in [6, 6.07) is 1.16. The summed E-state index contributed by atoms with van der Waals surface area (Å²) in [6.07, 6.45) is -11.9. The van der Waals surface area contributed by atoms with Crippen molar-refractivity contribution in [1.29, 1.82) is 0 Å². The number of rotatable bonds is 2. The van der Waals surface area contributed by atoms with Crippen LogP contribution in [0.15, 0.2) is 18.2 Å². The molecule has 0 spiro atoms. The highest BCUT2D eigenvalue weighted by atomic mass is 19.4. The number of carbonyl (C=O) groups excluding carboxylic acids is 1. The van der Waals surface area contributed by atoms with Crippen LogP contribution in [0.25, 0.3) is 0 Å². The van der Waals surface area contributed by atoms with Crippen molar-refractivity contribution in [2.45, 2.75) is 25.4 Å². The molecule has 0 unspecified atom stereocenters. The minimum absolute atomic E-state index is 0.0361. The van der Waals surface area contributed by atoms with Crippen molar-refractivity contribution in [2.24, 2.45) is 0 Å². The highest BCUT2D eigenvalue weighted by Gasteiger charge is 2.37. The third-order valence-corrected chi connectivity index (χ3v) is 3.73. The maximum Gasteiger partial charge on any atom is 0.416 e. The van der Waals surface area contributed by atoms with Gasteiger partial charge >= 0.3 is 18.4 Å². The van der Waals surface area contributed by atoms with Crippen LogP contribution in [0.1, 0.15) is 29.7 Å². The zero-order valence-corrected chi connectivity index (χ0v) is 13.2. The lowest BCUT2D eigenvalue weighted by Gasteiger charge is -2.28. The van der Waals surface area contributed by atoms with E-state index >= 15 is 0 Å². The number of nitrogens with zero attached hydrogens (tertiary/aromatic N) is 1. The molecule has 0 radical (unpaired) electrons. The Labute approximate surface area is 139 Å². The molecule has 0 saturated carbocycles. The molecule has 4 nitrogen and oxygen atoms in total. The van der Waals surface area contributed by atoms with Gasteiger partial charge in [0.25, 0.3) is 0 Å². The van der Waals surface area contributed by atoms with Crippen molar-refractivity contribution >= 4 is 6.09 Å². The number of carbonyl (C=O) groups is 1. The van der Waals surface area contributed by atoms with Crippen molar-refractivity contribution < 1.29 is 35.9 Å². The minimum Gasteiger partial charge on any atom is -0.442 e. The van der Waals surface area contributed by atoms with E-state index in [1.165, 1.54) is 11.8 Å². The number of alkyl halides is 6. The number of piperazine rings is 1. The molecule has 1 heterocycles. The van der Waals surface area contributed by atoms with E-state index in [4.69, 9.17) is 4.74 Å². The van der Waals surface area contributed by atoms with Crippen LogP contribution in [-0.2, 0) is 17.1 Å². The van der Waals surface area contributed by atoms with Crippen molar-refractivity contribution in [3.63, 3.8) is 0 Å². The van der Waals surface area contributed by atoms with Gasteiger partial charge < -0.3 is 15.0 Å². The molecule has 1 aliphatic rings. The second-order valence-corrected chi connectivity index (χ2v) is 5.60. The molecule has 10 heteroatoms. The Morgan fingerprint density at radius 3 is 1.96 bits per heavy atom. The Kier molecular flexibility index (Phi) is 5.50. The molecule has 1 amide bonds. The Morgan fingerprint density at radius 2 is 1.52 bits per heavy atom. The predicted molar refractivity (Wildman–Crippen MR) is 75.8 cm³/mol. The van der Waals surface area contributed by atoms with Gasteiger partial charge in [-0.3, -0.25) is 0 Å². The first-order valence-electron chi connectivity index (χ1n) is 7.44. The number of halogens is 6. The van der Waals surface area contributed by atoms with Gasteiger partial charge in [-0.2, -0.15) is 26.3 Å². The SMILES string of the molecule is C[C@H](OC(=O)N1CCNCC1)c1cc(C(F)(F)F)cc(C(F)(F)F)c1. The fourth-order valence-corrected chi connectivity index (χ4v) is 2.35. The molecule has 25 heavy (non-hydrogen) atoms. The zero-order valence-electron chi connectivity index (χ0n) is 13.2. The van der Waals surface area contributed by atoms with Crippen LogP contribution in [0.2, 0.25) is 0 Å². The summed E-state index contributed by atoms with van der Waals surface area (Å²) >= 11 is 0. The second-order valence-electron chi connectivity index (χ2n) is 5.60. The lowest BCUT2D eigenvalue weighted by molar-refractivity contribution is -0.143. The number of nitrogens with one attached hydrogen (secondary N) is 1. The number of amides is 1. The number of benzene rings is 1. The standard InChI is InChI=1S/C15H16F6N2O2/c1-9(25-13(24)23-4-2-22-3-5-23)10-6-11(14(16,17)18)8-12(7-10)15(19,20)21/h6-9,22H,2-5H2,1H3/t9-/m0/s1.